The average Bonchev–Trinajstić information content (AvgIpc) is 2.88. The highest BCUT2D eigenvalue weighted by molar-refractivity contribution is 7.89. The molecule has 1 aliphatic carbocycles. The molecule has 0 radical (unpaired) electrons. The van der Waals surface area contributed by atoms with Crippen molar-refractivity contribution in [2.45, 2.75) is 49.3 Å². The number of carbonyl (C=O) groups excluding carboxylic acids is 1. The van der Waals surface area contributed by atoms with E-state index >= 15 is 0 Å². The normalized spacial score (nSPS) is 19.4. The number of aromatic nitrogens is 1. The van der Waals surface area contributed by atoms with Gasteiger partial charge in [0.1, 0.15) is 6.04 Å². The summed E-state index contributed by atoms with van der Waals surface area (Å²) in [5.41, 5.74) is 2.34. The van der Waals surface area contributed by atoms with Crippen molar-refractivity contribution in [2.24, 2.45) is 5.92 Å². The molecular formula is C23H31N3O7S. The van der Waals surface area contributed by atoms with E-state index in [1.807, 2.05) is 0 Å². The number of benzene rings is 1. The van der Waals surface area contributed by atoms with Crippen LogP contribution in [0.25, 0.3) is 0 Å². The smallest absolute Gasteiger partial charge is 0.262 e. The summed E-state index contributed by atoms with van der Waals surface area (Å²) in [4.78, 5) is 16.9. The molecule has 1 atom stereocenters. The lowest BCUT2D eigenvalue weighted by atomic mass is 9.82. The molecule has 0 spiro atoms. The first-order valence-corrected chi connectivity index (χ1v) is 12.4. The van der Waals surface area contributed by atoms with Gasteiger partial charge in [-0.3, -0.25) is 15.0 Å². The maximum absolute atomic E-state index is 14.0. The van der Waals surface area contributed by atoms with E-state index < -0.39 is 22.0 Å². The molecule has 2 N–H and O–H groups in total. The van der Waals surface area contributed by atoms with Crippen molar-refractivity contribution >= 4 is 15.9 Å². The van der Waals surface area contributed by atoms with Gasteiger partial charge in [0, 0.05) is 32.1 Å². The molecule has 186 valence electrons. The van der Waals surface area contributed by atoms with Gasteiger partial charge in [0.15, 0.2) is 11.5 Å². The van der Waals surface area contributed by atoms with Crippen molar-refractivity contribution in [3.63, 3.8) is 0 Å². The maximum atomic E-state index is 14.0. The summed E-state index contributed by atoms with van der Waals surface area (Å²) in [5.74, 6) is -0.463. The first-order valence-electron chi connectivity index (χ1n) is 10.9. The zero-order chi connectivity index (χ0) is 24.7. The van der Waals surface area contributed by atoms with Crippen LogP contribution in [0.15, 0.2) is 47.6 Å². The van der Waals surface area contributed by atoms with Crippen LogP contribution in [0.5, 0.6) is 11.5 Å². The Hall–Kier alpha value is -2.73. The number of pyridine rings is 1. The van der Waals surface area contributed by atoms with E-state index in [2.05, 4.69) is 4.98 Å². The van der Waals surface area contributed by atoms with Gasteiger partial charge in [0.2, 0.25) is 10.0 Å². The second kappa shape index (κ2) is 11.6. The molecule has 2 aromatic rings. The van der Waals surface area contributed by atoms with Crippen LogP contribution < -0.4 is 15.0 Å². The van der Waals surface area contributed by atoms with E-state index in [1.165, 1.54) is 32.4 Å². The van der Waals surface area contributed by atoms with Crippen LogP contribution in [-0.2, 0) is 26.1 Å². The Bertz CT molecular complexity index is 1060. The molecular weight excluding hydrogens is 462 g/mol. The zero-order valence-corrected chi connectivity index (χ0v) is 20.3. The summed E-state index contributed by atoms with van der Waals surface area (Å²) < 4.78 is 45.0. The van der Waals surface area contributed by atoms with Crippen molar-refractivity contribution in [2.75, 3.05) is 21.3 Å². The van der Waals surface area contributed by atoms with Crippen LogP contribution in [0.3, 0.4) is 0 Å². The lowest BCUT2D eigenvalue weighted by Gasteiger charge is -2.38. The largest absolute Gasteiger partial charge is 0.493 e. The molecule has 1 amide bonds. The average molecular weight is 494 g/mol. The van der Waals surface area contributed by atoms with E-state index in [0.717, 1.165) is 4.31 Å². The van der Waals surface area contributed by atoms with Crippen molar-refractivity contribution in [1.82, 2.24) is 14.8 Å². The minimum atomic E-state index is -4.21. The van der Waals surface area contributed by atoms with Gasteiger partial charge in [-0.2, -0.15) is 4.31 Å². The topological polar surface area (TPSA) is 127 Å². The molecule has 1 aromatic heterocycles. The van der Waals surface area contributed by atoms with Crippen LogP contribution in [0.4, 0.5) is 0 Å². The van der Waals surface area contributed by atoms with Gasteiger partial charge in [-0.1, -0.05) is 0 Å². The highest BCUT2D eigenvalue weighted by Crippen LogP contribution is 2.36. The Kier molecular flexibility index (Phi) is 8.84. The number of ether oxygens (including phenoxy) is 3. The Morgan fingerprint density at radius 1 is 1.09 bits per heavy atom. The predicted molar refractivity (Wildman–Crippen MR) is 123 cm³/mol. The quantitative estimate of drug-likeness (QED) is 0.381. The van der Waals surface area contributed by atoms with Gasteiger partial charge >= 0.3 is 0 Å². The standard InChI is InChI=1S/C23H31N3O7S/c1-31-18-6-4-17(5-7-18)22(23(27)25-28)26(15-16-10-12-24-13-11-16)34(29,30)19-8-9-20(32-2)21(14-19)33-3/h8-14,17-18,22,28H,4-7,15H2,1-3H3,(H,25,27). The SMILES string of the molecule is COc1ccc(S(=O)(=O)N(Cc2ccncc2)C(C(=O)NO)C2CCC(OC)CC2)cc1OC. The van der Waals surface area contributed by atoms with Gasteiger partial charge in [-0.05, 0) is 61.4 Å². The molecule has 0 bridgehead atoms. The first-order chi connectivity index (χ1) is 16.3. The number of hydrogen-bond acceptors (Lipinski definition) is 8. The molecule has 3 rings (SSSR count). The monoisotopic (exact) mass is 493 g/mol. The molecule has 1 saturated carbocycles. The second-order valence-corrected chi connectivity index (χ2v) is 10.0. The van der Waals surface area contributed by atoms with E-state index in [1.54, 1.807) is 37.1 Å². The Labute approximate surface area is 199 Å². The van der Waals surface area contributed by atoms with Crippen molar-refractivity contribution in [1.29, 1.82) is 0 Å². The van der Waals surface area contributed by atoms with Gasteiger partial charge in [0.25, 0.3) is 5.91 Å². The summed E-state index contributed by atoms with van der Waals surface area (Å²) in [6.07, 6.45) is 5.70. The molecule has 1 aliphatic rings. The third kappa shape index (κ3) is 5.66. The summed E-state index contributed by atoms with van der Waals surface area (Å²) >= 11 is 0. The Balaban J connectivity index is 2.08. The summed E-state index contributed by atoms with van der Waals surface area (Å²) in [7, 11) is 0.308. The fourth-order valence-corrected chi connectivity index (χ4v) is 6.05. The van der Waals surface area contributed by atoms with E-state index in [9.17, 15) is 18.4 Å². The van der Waals surface area contributed by atoms with Crippen LogP contribution in [0, 0.1) is 5.92 Å². The maximum Gasteiger partial charge on any atom is 0.262 e. The number of rotatable bonds is 10. The fourth-order valence-electron chi connectivity index (χ4n) is 4.40. The Morgan fingerprint density at radius 3 is 2.29 bits per heavy atom. The van der Waals surface area contributed by atoms with Gasteiger partial charge in [-0.15, -0.1) is 0 Å². The summed E-state index contributed by atoms with van der Waals surface area (Å²) in [6, 6.07) is 6.52. The lowest BCUT2D eigenvalue weighted by Crippen LogP contribution is -2.53. The molecule has 1 unspecified atom stereocenters. The number of hydroxylamine groups is 1. The molecule has 0 saturated heterocycles. The molecule has 10 nitrogen and oxygen atoms in total. The number of methoxy groups -OCH3 is 3. The zero-order valence-electron chi connectivity index (χ0n) is 19.5. The number of nitrogens with one attached hydrogen (secondary N) is 1. The number of sulfonamides is 1. The number of hydrogen-bond donors (Lipinski definition) is 2. The molecule has 1 aromatic carbocycles. The summed E-state index contributed by atoms with van der Waals surface area (Å²) in [6.45, 7) is -0.0819. The fraction of sp³-hybridized carbons (Fsp3) is 0.478. The van der Waals surface area contributed by atoms with Crippen molar-refractivity contribution in [3.05, 3.63) is 48.3 Å². The van der Waals surface area contributed by atoms with E-state index in [-0.39, 0.29) is 29.2 Å². The van der Waals surface area contributed by atoms with Crippen LogP contribution in [0.2, 0.25) is 0 Å². The van der Waals surface area contributed by atoms with Crippen molar-refractivity contribution < 1.29 is 32.6 Å². The molecule has 34 heavy (non-hydrogen) atoms. The lowest BCUT2D eigenvalue weighted by molar-refractivity contribution is -0.136. The summed E-state index contributed by atoms with van der Waals surface area (Å²) in [5, 5.41) is 9.54. The minimum absolute atomic E-state index is 0.0551. The van der Waals surface area contributed by atoms with Gasteiger partial charge in [-0.25, -0.2) is 13.9 Å². The van der Waals surface area contributed by atoms with E-state index in [4.69, 9.17) is 14.2 Å². The molecule has 1 heterocycles. The van der Waals surface area contributed by atoms with Crippen LogP contribution in [-0.4, -0.2) is 62.3 Å². The third-order valence-corrected chi connectivity index (χ3v) is 8.06. The Morgan fingerprint density at radius 2 is 1.74 bits per heavy atom. The van der Waals surface area contributed by atoms with Gasteiger partial charge < -0.3 is 14.2 Å². The number of nitrogens with zero attached hydrogens (tertiary/aromatic N) is 2. The minimum Gasteiger partial charge on any atom is -0.493 e. The first kappa shape index (κ1) is 25.9. The van der Waals surface area contributed by atoms with Crippen molar-refractivity contribution in [3.8, 4) is 11.5 Å². The van der Waals surface area contributed by atoms with Gasteiger partial charge in [0.05, 0.1) is 25.2 Å². The molecule has 11 heteroatoms. The highest BCUT2D eigenvalue weighted by Gasteiger charge is 2.42. The molecule has 1 fully saturated rings. The second-order valence-electron chi connectivity index (χ2n) is 8.12. The predicted octanol–water partition coefficient (Wildman–Crippen LogP) is 2.37. The third-order valence-electron chi connectivity index (χ3n) is 6.24. The van der Waals surface area contributed by atoms with Crippen LogP contribution >= 0.6 is 0 Å². The highest BCUT2D eigenvalue weighted by atomic mass is 32.2. The van der Waals surface area contributed by atoms with Crippen LogP contribution in [0.1, 0.15) is 31.2 Å². The number of carbonyl (C=O) groups is 1. The number of amides is 1. The molecule has 0 aliphatic heterocycles. The van der Waals surface area contributed by atoms with E-state index in [0.29, 0.717) is 37.0 Å².